The first-order chi connectivity index (χ1) is 11.4. The number of hydrogen-bond donors (Lipinski definition) is 1. The quantitative estimate of drug-likeness (QED) is 0.814. The van der Waals surface area contributed by atoms with E-state index in [1.54, 1.807) is 12.2 Å². The Morgan fingerprint density at radius 1 is 1.21 bits per heavy atom. The minimum absolute atomic E-state index is 0.0594. The van der Waals surface area contributed by atoms with Crippen LogP contribution < -0.4 is 4.72 Å². The van der Waals surface area contributed by atoms with Gasteiger partial charge in [0.15, 0.2) is 0 Å². The minimum atomic E-state index is -3.77. The molecule has 0 aromatic heterocycles. The van der Waals surface area contributed by atoms with Crippen LogP contribution in [0.15, 0.2) is 59.5 Å². The van der Waals surface area contributed by atoms with Gasteiger partial charge >= 0.3 is 5.97 Å². The van der Waals surface area contributed by atoms with Gasteiger partial charge in [0.25, 0.3) is 0 Å². The summed E-state index contributed by atoms with van der Waals surface area (Å²) in [6.07, 6.45) is 3.37. The molecule has 0 bridgehead atoms. The van der Waals surface area contributed by atoms with E-state index < -0.39 is 27.4 Å². The Labute approximate surface area is 139 Å². The third kappa shape index (κ3) is 4.50. The van der Waals surface area contributed by atoms with Crippen LogP contribution in [0.3, 0.4) is 0 Å². The topological polar surface area (TPSA) is 72.5 Å². The number of esters is 1. The molecule has 2 aromatic rings. The molecule has 2 aromatic carbocycles. The monoisotopic (exact) mass is 349 g/mol. The predicted octanol–water partition coefficient (Wildman–Crippen LogP) is 2.60. The van der Waals surface area contributed by atoms with Crippen molar-refractivity contribution in [2.24, 2.45) is 0 Å². The van der Waals surface area contributed by atoms with E-state index in [0.717, 1.165) is 23.8 Å². The molecule has 0 amide bonds. The van der Waals surface area contributed by atoms with Gasteiger partial charge in [-0.3, -0.25) is 0 Å². The van der Waals surface area contributed by atoms with E-state index in [1.165, 1.54) is 7.05 Å². The number of sulfonamides is 1. The zero-order valence-corrected chi connectivity index (χ0v) is 13.7. The van der Waals surface area contributed by atoms with Crippen LogP contribution in [0.5, 0.6) is 0 Å². The summed E-state index contributed by atoms with van der Waals surface area (Å²) in [5.74, 6) is -1.78. The molecule has 0 fully saturated rings. The molecule has 7 heteroatoms. The summed E-state index contributed by atoms with van der Waals surface area (Å²) in [6, 6.07) is 12.3. The Morgan fingerprint density at radius 3 is 2.58 bits per heavy atom. The highest BCUT2D eigenvalue weighted by Crippen LogP contribution is 2.16. The van der Waals surface area contributed by atoms with Crippen LogP contribution in [0.4, 0.5) is 4.39 Å². The lowest BCUT2D eigenvalue weighted by Gasteiger charge is -2.07. The zero-order valence-electron chi connectivity index (χ0n) is 12.9. The molecule has 0 aliphatic rings. The van der Waals surface area contributed by atoms with Crippen molar-refractivity contribution >= 4 is 22.1 Å². The van der Waals surface area contributed by atoms with Crippen LogP contribution in [-0.4, -0.2) is 28.0 Å². The first-order valence-corrected chi connectivity index (χ1v) is 8.54. The second-order valence-corrected chi connectivity index (χ2v) is 6.65. The molecule has 1 N–H and O–H groups in total. The van der Waals surface area contributed by atoms with Crippen LogP contribution in [0.2, 0.25) is 0 Å². The first kappa shape index (κ1) is 17.8. The van der Waals surface area contributed by atoms with E-state index in [9.17, 15) is 17.6 Å². The molecular formula is C17H16FNO4S. The Kier molecular flexibility index (Phi) is 5.83. The lowest BCUT2D eigenvalue weighted by molar-refractivity contribution is 0.0544. The highest BCUT2D eigenvalue weighted by Gasteiger charge is 2.18. The van der Waals surface area contributed by atoms with E-state index in [0.29, 0.717) is 0 Å². The van der Waals surface area contributed by atoms with E-state index in [-0.39, 0.29) is 11.5 Å². The summed E-state index contributed by atoms with van der Waals surface area (Å²) in [5.41, 5.74) is 0.501. The molecule has 0 saturated heterocycles. The molecule has 5 nitrogen and oxygen atoms in total. The first-order valence-electron chi connectivity index (χ1n) is 7.06. The Bertz CT molecular complexity index is 848. The fourth-order valence-electron chi connectivity index (χ4n) is 1.90. The van der Waals surface area contributed by atoms with E-state index in [2.05, 4.69) is 4.72 Å². The van der Waals surface area contributed by atoms with Gasteiger partial charge in [-0.25, -0.2) is 22.3 Å². The van der Waals surface area contributed by atoms with E-state index in [1.807, 2.05) is 30.3 Å². The molecule has 2 rings (SSSR count). The van der Waals surface area contributed by atoms with Gasteiger partial charge in [-0.1, -0.05) is 36.4 Å². The van der Waals surface area contributed by atoms with E-state index in [4.69, 9.17) is 4.74 Å². The number of ether oxygens (including phenoxy) is 1. The van der Waals surface area contributed by atoms with Crippen molar-refractivity contribution in [1.82, 2.24) is 4.72 Å². The summed E-state index contributed by atoms with van der Waals surface area (Å²) < 4.78 is 44.2. The number of hydrogen-bond acceptors (Lipinski definition) is 4. The molecule has 0 heterocycles. The number of halogens is 1. The molecule has 0 saturated carbocycles. The average Bonchev–Trinajstić information content (AvgIpc) is 2.59. The molecular weight excluding hydrogens is 333 g/mol. The van der Waals surface area contributed by atoms with Crippen molar-refractivity contribution in [3.05, 3.63) is 71.6 Å². The largest absolute Gasteiger partial charge is 0.458 e. The number of carbonyl (C=O) groups excluding carboxylic acids is 1. The Balaban J connectivity index is 2.07. The maximum absolute atomic E-state index is 13.8. The summed E-state index contributed by atoms with van der Waals surface area (Å²) >= 11 is 0. The summed E-state index contributed by atoms with van der Waals surface area (Å²) in [7, 11) is -2.54. The van der Waals surface area contributed by atoms with Crippen molar-refractivity contribution in [2.45, 2.75) is 4.90 Å². The molecule has 0 atom stereocenters. The van der Waals surface area contributed by atoms with Crippen molar-refractivity contribution in [1.29, 1.82) is 0 Å². The van der Waals surface area contributed by atoms with Crippen LogP contribution in [0.25, 0.3) is 6.08 Å². The zero-order chi connectivity index (χ0) is 17.6. The minimum Gasteiger partial charge on any atom is -0.458 e. The van der Waals surface area contributed by atoms with Gasteiger partial charge in [-0.15, -0.1) is 0 Å². The van der Waals surface area contributed by atoms with E-state index >= 15 is 0 Å². The number of carbonyl (C=O) groups is 1. The maximum atomic E-state index is 13.8. The fourth-order valence-corrected chi connectivity index (χ4v) is 2.65. The number of benzene rings is 2. The molecule has 0 radical (unpaired) electrons. The second-order valence-electron chi connectivity index (χ2n) is 4.76. The fraction of sp³-hybridized carbons (Fsp3) is 0.118. The smallest absolute Gasteiger partial charge is 0.341 e. The summed E-state index contributed by atoms with van der Waals surface area (Å²) in [4.78, 5) is 11.7. The van der Waals surface area contributed by atoms with Gasteiger partial charge in [-0.05, 0) is 36.9 Å². The van der Waals surface area contributed by atoms with Crippen LogP contribution >= 0.6 is 0 Å². The van der Waals surface area contributed by atoms with Crippen LogP contribution in [-0.2, 0) is 14.8 Å². The van der Waals surface area contributed by atoms with Gasteiger partial charge in [-0.2, -0.15) is 0 Å². The lowest BCUT2D eigenvalue weighted by Crippen LogP contribution is -2.19. The van der Waals surface area contributed by atoms with Gasteiger partial charge in [0.05, 0.1) is 10.5 Å². The highest BCUT2D eigenvalue weighted by molar-refractivity contribution is 7.89. The number of rotatable bonds is 6. The van der Waals surface area contributed by atoms with Crippen molar-refractivity contribution in [3.63, 3.8) is 0 Å². The molecule has 126 valence electrons. The number of nitrogens with one attached hydrogen (secondary N) is 1. The third-order valence-corrected chi connectivity index (χ3v) is 4.57. The Morgan fingerprint density at radius 2 is 1.92 bits per heavy atom. The normalized spacial score (nSPS) is 11.6. The third-order valence-electron chi connectivity index (χ3n) is 3.16. The molecule has 0 unspecified atom stereocenters. The molecule has 24 heavy (non-hydrogen) atoms. The van der Waals surface area contributed by atoms with Crippen LogP contribution in [0, 0.1) is 5.82 Å². The maximum Gasteiger partial charge on any atom is 0.341 e. The molecule has 0 aliphatic heterocycles. The molecule has 0 spiro atoms. The van der Waals surface area contributed by atoms with Gasteiger partial charge in [0, 0.05) is 0 Å². The van der Waals surface area contributed by atoms with Crippen LogP contribution in [0.1, 0.15) is 15.9 Å². The predicted molar refractivity (Wildman–Crippen MR) is 88.4 cm³/mol. The lowest BCUT2D eigenvalue weighted by atomic mass is 10.2. The molecule has 0 aliphatic carbocycles. The van der Waals surface area contributed by atoms with Crippen molar-refractivity contribution in [3.8, 4) is 0 Å². The van der Waals surface area contributed by atoms with Crippen molar-refractivity contribution < 1.29 is 22.3 Å². The SMILES string of the molecule is CNS(=O)(=O)c1ccc(F)c(C(=O)OC/C=C/c2ccccc2)c1. The summed E-state index contributed by atoms with van der Waals surface area (Å²) in [5, 5.41) is 0. The summed E-state index contributed by atoms with van der Waals surface area (Å²) in [6.45, 7) is -0.0594. The standard InChI is InChI=1S/C17H16FNO4S/c1-19-24(21,22)14-9-10-16(18)15(12-14)17(20)23-11-5-8-13-6-3-2-4-7-13/h2-10,12,19H,11H2,1H3/b8-5+. The van der Waals surface area contributed by atoms with Gasteiger partial charge in [0.2, 0.25) is 10.0 Å². The highest BCUT2D eigenvalue weighted by atomic mass is 32.2. The van der Waals surface area contributed by atoms with Crippen molar-refractivity contribution in [2.75, 3.05) is 13.7 Å². The van der Waals surface area contributed by atoms with Gasteiger partial charge in [0.1, 0.15) is 12.4 Å². The van der Waals surface area contributed by atoms with Gasteiger partial charge < -0.3 is 4.74 Å². The average molecular weight is 349 g/mol. The second kappa shape index (κ2) is 7.85. The Hall–Kier alpha value is -2.51.